The summed E-state index contributed by atoms with van der Waals surface area (Å²) in [7, 11) is 0. The zero-order valence-corrected chi connectivity index (χ0v) is 10.4. The predicted octanol–water partition coefficient (Wildman–Crippen LogP) is 3.43. The number of piperidine rings is 1. The number of alkyl halides is 1. The van der Waals surface area contributed by atoms with Gasteiger partial charge in [0.05, 0.1) is 0 Å². The van der Waals surface area contributed by atoms with Gasteiger partial charge in [0.25, 0.3) is 0 Å². The highest BCUT2D eigenvalue weighted by atomic mass is 79.9. The first-order valence-electron chi connectivity index (χ1n) is 5.68. The molecule has 1 unspecified atom stereocenters. The molecule has 0 spiro atoms. The second-order valence-corrected chi connectivity index (χ2v) is 4.81. The summed E-state index contributed by atoms with van der Waals surface area (Å²) >= 11 is 3.51. The Labute approximate surface area is 91.0 Å². The monoisotopic (exact) mass is 247 g/mol. The second-order valence-electron chi connectivity index (χ2n) is 4.02. The minimum atomic E-state index is 0.901. The van der Waals surface area contributed by atoms with Gasteiger partial charge in [-0.15, -0.1) is 0 Å². The highest BCUT2D eigenvalue weighted by Crippen LogP contribution is 2.20. The molecule has 2 heteroatoms. The summed E-state index contributed by atoms with van der Waals surface area (Å²) in [5.41, 5.74) is 0. The molecule has 1 saturated heterocycles. The quantitative estimate of drug-likeness (QED) is 0.674. The Morgan fingerprint density at radius 1 is 1.38 bits per heavy atom. The normalized spacial score (nSPS) is 24.9. The zero-order chi connectivity index (χ0) is 9.52. The van der Waals surface area contributed by atoms with Crippen LogP contribution in [0, 0.1) is 0 Å². The van der Waals surface area contributed by atoms with Crippen LogP contribution in [0.3, 0.4) is 0 Å². The molecule has 0 bridgehead atoms. The fourth-order valence-electron chi connectivity index (χ4n) is 2.28. The molecule has 1 fully saturated rings. The largest absolute Gasteiger partial charge is 0.300 e. The molecular weight excluding hydrogens is 226 g/mol. The predicted molar refractivity (Wildman–Crippen MR) is 62.5 cm³/mol. The highest BCUT2D eigenvalue weighted by molar-refractivity contribution is 9.09. The van der Waals surface area contributed by atoms with Crippen LogP contribution in [0.4, 0.5) is 0 Å². The zero-order valence-electron chi connectivity index (χ0n) is 8.77. The van der Waals surface area contributed by atoms with E-state index in [0.29, 0.717) is 0 Å². The molecule has 0 aliphatic carbocycles. The van der Waals surface area contributed by atoms with Crippen LogP contribution >= 0.6 is 15.9 Å². The molecule has 1 rings (SSSR count). The van der Waals surface area contributed by atoms with E-state index in [9.17, 15) is 0 Å². The van der Waals surface area contributed by atoms with Crippen LogP contribution in [0.15, 0.2) is 0 Å². The van der Waals surface area contributed by atoms with Crippen LogP contribution in [0.5, 0.6) is 0 Å². The molecular formula is C11H22BrN. The number of halogens is 1. The Bertz CT molecular complexity index is 125. The molecule has 0 aromatic heterocycles. The van der Waals surface area contributed by atoms with Crippen molar-refractivity contribution in [3.05, 3.63) is 0 Å². The number of rotatable bonds is 5. The lowest BCUT2D eigenvalue weighted by Gasteiger charge is -2.35. The summed E-state index contributed by atoms with van der Waals surface area (Å²) < 4.78 is 0. The third-order valence-electron chi connectivity index (χ3n) is 2.95. The van der Waals surface area contributed by atoms with Crippen molar-refractivity contribution < 1.29 is 0 Å². The molecule has 13 heavy (non-hydrogen) atoms. The molecule has 1 aliphatic heterocycles. The maximum absolute atomic E-state index is 3.51. The first-order chi connectivity index (χ1) is 6.38. The minimum Gasteiger partial charge on any atom is -0.300 e. The van der Waals surface area contributed by atoms with Gasteiger partial charge in [0.1, 0.15) is 0 Å². The molecule has 78 valence electrons. The van der Waals surface area contributed by atoms with E-state index < -0.39 is 0 Å². The molecule has 1 aliphatic rings. The lowest BCUT2D eigenvalue weighted by molar-refractivity contribution is 0.140. The fraction of sp³-hybridized carbons (Fsp3) is 1.00. The topological polar surface area (TPSA) is 3.24 Å². The first kappa shape index (κ1) is 11.5. The maximum Gasteiger partial charge on any atom is 0.00951 e. The lowest BCUT2D eigenvalue weighted by Crippen LogP contribution is -2.40. The number of hydrogen-bond donors (Lipinski definition) is 0. The molecule has 0 radical (unpaired) electrons. The van der Waals surface area contributed by atoms with Crippen molar-refractivity contribution in [1.29, 1.82) is 0 Å². The standard InChI is InChI=1S/C11H22BrN/c1-2-6-11-7-3-4-9-13(11)10-5-8-12/h11H,2-10H2,1H3. The van der Waals surface area contributed by atoms with E-state index in [1.807, 2.05) is 0 Å². The Kier molecular flexibility index (Phi) is 6.05. The average molecular weight is 248 g/mol. The van der Waals surface area contributed by atoms with E-state index in [0.717, 1.165) is 11.4 Å². The van der Waals surface area contributed by atoms with Crippen LogP contribution in [-0.4, -0.2) is 29.4 Å². The Morgan fingerprint density at radius 3 is 2.92 bits per heavy atom. The van der Waals surface area contributed by atoms with Crippen molar-refractivity contribution in [2.45, 2.75) is 51.5 Å². The Balaban J connectivity index is 2.28. The van der Waals surface area contributed by atoms with E-state index in [4.69, 9.17) is 0 Å². The van der Waals surface area contributed by atoms with E-state index in [1.54, 1.807) is 0 Å². The van der Waals surface area contributed by atoms with Gasteiger partial charge in [-0.1, -0.05) is 35.7 Å². The third-order valence-corrected chi connectivity index (χ3v) is 3.51. The molecule has 0 saturated carbocycles. The fourth-order valence-corrected chi connectivity index (χ4v) is 2.53. The van der Waals surface area contributed by atoms with Crippen LogP contribution in [-0.2, 0) is 0 Å². The van der Waals surface area contributed by atoms with Crippen LogP contribution in [0.1, 0.15) is 45.4 Å². The van der Waals surface area contributed by atoms with Gasteiger partial charge in [0.15, 0.2) is 0 Å². The summed E-state index contributed by atoms with van der Waals surface area (Å²) in [6.45, 7) is 4.95. The van der Waals surface area contributed by atoms with E-state index in [2.05, 4.69) is 27.8 Å². The summed E-state index contributed by atoms with van der Waals surface area (Å²) in [5.74, 6) is 0. The van der Waals surface area contributed by atoms with Crippen molar-refractivity contribution in [2.24, 2.45) is 0 Å². The second kappa shape index (κ2) is 6.83. The van der Waals surface area contributed by atoms with E-state index >= 15 is 0 Å². The molecule has 0 aromatic carbocycles. The Hall–Kier alpha value is 0.440. The van der Waals surface area contributed by atoms with Crippen molar-refractivity contribution >= 4 is 15.9 Å². The molecule has 0 amide bonds. The minimum absolute atomic E-state index is 0.901. The van der Waals surface area contributed by atoms with Crippen molar-refractivity contribution in [3.8, 4) is 0 Å². The third kappa shape index (κ3) is 3.99. The Morgan fingerprint density at radius 2 is 2.23 bits per heavy atom. The van der Waals surface area contributed by atoms with Crippen LogP contribution < -0.4 is 0 Å². The van der Waals surface area contributed by atoms with Crippen LogP contribution in [0.25, 0.3) is 0 Å². The summed E-state index contributed by atoms with van der Waals surface area (Å²) in [6.07, 6.45) is 8.37. The average Bonchev–Trinajstić information content (AvgIpc) is 2.17. The van der Waals surface area contributed by atoms with Gasteiger partial charge >= 0.3 is 0 Å². The maximum atomic E-state index is 3.51. The van der Waals surface area contributed by atoms with Gasteiger partial charge in [-0.3, -0.25) is 0 Å². The van der Waals surface area contributed by atoms with Gasteiger partial charge in [0.2, 0.25) is 0 Å². The summed E-state index contributed by atoms with van der Waals surface area (Å²) in [4.78, 5) is 2.70. The van der Waals surface area contributed by atoms with E-state index in [1.165, 1.54) is 51.6 Å². The van der Waals surface area contributed by atoms with Crippen molar-refractivity contribution in [3.63, 3.8) is 0 Å². The smallest absolute Gasteiger partial charge is 0.00951 e. The molecule has 0 aromatic rings. The number of hydrogen-bond acceptors (Lipinski definition) is 1. The number of likely N-dealkylation sites (tertiary alicyclic amines) is 1. The van der Waals surface area contributed by atoms with Crippen molar-refractivity contribution in [2.75, 3.05) is 18.4 Å². The van der Waals surface area contributed by atoms with Gasteiger partial charge in [0, 0.05) is 11.4 Å². The van der Waals surface area contributed by atoms with Gasteiger partial charge in [-0.25, -0.2) is 0 Å². The molecule has 1 heterocycles. The summed E-state index contributed by atoms with van der Waals surface area (Å²) in [6, 6.07) is 0.901. The SMILES string of the molecule is CCCC1CCCCN1CCCBr. The van der Waals surface area contributed by atoms with Crippen molar-refractivity contribution in [1.82, 2.24) is 4.90 Å². The first-order valence-corrected chi connectivity index (χ1v) is 6.80. The highest BCUT2D eigenvalue weighted by Gasteiger charge is 2.20. The van der Waals surface area contributed by atoms with E-state index in [-0.39, 0.29) is 0 Å². The van der Waals surface area contributed by atoms with Gasteiger partial charge in [-0.2, -0.15) is 0 Å². The van der Waals surface area contributed by atoms with Crippen LogP contribution in [0.2, 0.25) is 0 Å². The van der Waals surface area contributed by atoms with Gasteiger partial charge < -0.3 is 4.90 Å². The molecule has 0 N–H and O–H groups in total. The van der Waals surface area contributed by atoms with Gasteiger partial charge in [-0.05, 0) is 38.8 Å². The molecule has 1 atom stereocenters. The molecule has 1 nitrogen and oxygen atoms in total. The number of nitrogens with zero attached hydrogens (tertiary/aromatic N) is 1. The summed E-state index contributed by atoms with van der Waals surface area (Å²) in [5, 5.41) is 1.16. The lowest BCUT2D eigenvalue weighted by atomic mass is 9.98.